The second-order valence-electron chi connectivity index (χ2n) is 7.71. The third-order valence-corrected chi connectivity index (χ3v) is 5.52. The van der Waals surface area contributed by atoms with Crippen molar-refractivity contribution >= 4 is 0 Å². The second-order valence-corrected chi connectivity index (χ2v) is 7.71. The maximum absolute atomic E-state index is 5.99. The van der Waals surface area contributed by atoms with E-state index in [1.807, 2.05) is 12.1 Å². The van der Waals surface area contributed by atoms with Gasteiger partial charge in [-0.3, -0.25) is 4.90 Å². The Kier molecular flexibility index (Phi) is 5.20. The van der Waals surface area contributed by atoms with Gasteiger partial charge in [0.2, 0.25) is 17.6 Å². The smallest absolute Gasteiger partial charge is 0.244 e. The summed E-state index contributed by atoms with van der Waals surface area (Å²) in [5.74, 6) is 2.01. The summed E-state index contributed by atoms with van der Waals surface area (Å²) in [5, 5.41) is 4.18. The Morgan fingerprint density at radius 3 is 2.69 bits per heavy atom. The Morgan fingerprint density at radius 1 is 1.12 bits per heavy atom. The van der Waals surface area contributed by atoms with Gasteiger partial charge in [0.1, 0.15) is 6.10 Å². The van der Waals surface area contributed by atoms with Crippen molar-refractivity contribution < 1.29 is 9.26 Å². The van der Waals surface area contributed by atoms with Crippen molar-refractivity contribution in [1.82, 2.24) is 20.0 Å². The first-order valence-electron chi connectivity index (χ1n) is 9.93. The van der Waals surface area contributed by atoms with Gasteiger partial charge in [-0.2, -0.15) is 4.98 Å². The maximum atomic E-state index is 5.99. The Labute approximate surface area is 154 Å². The van der Waals surface area contributed by atoms with Gasteiger partial charge in [0.25, 0.3) is 0 Å². The van der Waals surface area contributed by atoms with Gasteiger partial charge in [-0.25, -0.2) is 4.98 Å². The summed E-state index contributed by atoms with van der Waals surface area (Å²) in [6, 6.07) is 4.60. The van der Waals surface area contributed by atoms with E-state index in [1.54, 1.807) is 6.20 Å². The van der Waals surface area contributed by atoms with Gasteiger partial charge in [-0.15, -0.1) is 0 Å². The molecule has 0 bridgehead atoms. The molecule has 4 rings (SSSR count). The molecular weight excluding hydrogens is 328 g/mol. The van der Waals surface area contributed by atoms with Gasteiger partial charge >= 0.3 is 0 Å². The third-order valence-electron chi connectivity index (χ3n) is 5.52. The highest BCUT2D eigenvalue weighted by Crippen LogP contribution is 2.33. The maximum Gasteiger partial charge on any atom is 0.244 e. The molecule has 0 amide bonds. The Bertz CT molecular complexity index is 707. The Morgan fingerprint density at radius 2 is 1.96 bits per heavy atom. The molecule has 6 heteroatoms. The average molecular weight is 356 g/mol. The van der Waals surface area contributed by atoms with E-state index in [1.165, 1.54) is 25.7 Å². The molecule has 1 aliphatic carbocycles. The lowest BCUT2D eigenvalue weighted by Crippen LogP contribution is -2.30. The van der Waals surface area contributed by atoms with Crippen molar-refractivity contribution in [3.8, 4) is 17.3 Å². The zero-order chi connectivity index (χ0) is 17.9. The van der Waals surface area contributed by atoms with Crippen molar-refractivity contribution in [1.29, 1.82) is 0 Å². The van der Waals surface area contributed by atoms with Crippen LogP contribution in [0, 0.1) is 0 Å². The number of nitrogens with zero attached hydrogens (tertiary/aromatic N) is 4. The number of rotatable bonds is 5. The molecule has 1 saturated carbocycles. The molecule has 0 spiro atoms. The van der Waals surface area contributed by atoms with Gasteiger partial charge in [0.05, 0.1) is 6.04 Å². The molecule has 3 heterocycles. The van der Waals surface area contributed by atoms with Crippen LogP contribution in [0.4, 0.5) is 0 Å². The van der Waals surface area contributed by atoms with Crippen LogP contribution in [-0.4, -0.2) is 38.7 Å². The molecule has 26 heavy (non-hydrogen) atoms. The fourth-order valence-corrected chi connectivity index (χ4v) is 4.10. The number of aromatic nitrogens is 3. The molecule has 2 aromatic heterocycles. The molecule has 0 radical (unpaired) electrons. The van der Waals surface area contributed by atoms with E-state index in [4.69, 9.17) is 9.26 Å². The normalized spacial score (nSPS) is 22.2. The minimum atomic E-state index is 0.234. The predicted molar refractivity (Wildman–Crippen MR) is 98.8 cm³/mol. The first-order chi connectivity index (χ1) is 12.7. The Hall–Kier alpha value is -1.95. The molecule has 0 unspecified atom stereocenters. The standard InChI is InChI=1S/C20H28N4O2/c1-14(2)24-12-6-9-17(24)20-22-19(23-26-20)15-10-11-18(21-13-15)25-16-7-4-3-5-8-16/h10-11,13-14,16-17H,3-9,12H2,1-2H3/t17-/m0/s1. The fourth-order valence-electron chi connectivity index (χ4n) is 4.10. The van der Waals surface area contributed by atoms with Crippen LogP contribution in [0.25, 0.3) is 11.4 Å². The van der Waals surface area contributed by atoms with Crippen molar-refractivity contribution in [2.45, 2.75) is 77.0 Å². The minimum Gasteiger partial charge on any atom is -0.474 e. The zero-order valence-corrected chi connectivity index (χ0v) is 15.7. The molecular formula is C20H28N4O2. The number of likely N-dealkylation sites (tertiary alicyclic amines) is 1. The SMILES string of the molecule is CC(C)N1CCC[C@H]1c1nc(-c2ccc(OC3CCCCC3)nc2)no1. The van der Waals surface area contributed by atoms with E-state index >= 15 is 0 Å². The number of ether oxygens (including phenoxy) is 1. The van der Waals surface area contributed by atoms with Crippen LogP contribution in [0.1, 0.15) is 70.7 Å². The van der Waals surface area contributed by atoms with Crippen LogP contribution in [0.15, 0.2) is 22.9 Å². The first-order valence-corrected chi connectivity index (χ1v) is 9.93. The second kappa shape index (κ2) is 7.74. The lowest BCUT2D eigenvalue weighted by atomic mass is 9.98. The van der Waals surface area contributed by atoms with E-state index in [0.717, 1.165) is 31.4 Å². The summed E-state index contributed by atoms with van der Waals surface area (Å²) in [6.07, 6.45) is 10.4. The quantitative estimate of drug-likeness (QED) is 0.792. The highest BCUT2D eigenvalue weighted by Gasteiger charge is 2.32. The van der Waals surface area contributed by atoms with Crippen LogP contribution >= 0.6 is 0 Å². The molecule has 0 N–H and O–H groups in total. The summed E-state index contributed by atoms with van der Waals surface area (Å²) in [6.45, 7) is 5.52. The summed E-state index contributed by atoms with van der Waals surface area (Å²) >= 11 is 0. The third kappa shape index (κ3) is 3.75. The van der Waals surface area contributed by atoms with Gasteiger partial charge in [-0.05, 0) is 65.0 Å². The fraction of sp³-hybridized carbons (Fsp3) is 0.650. The van der Waals surface area contributed by atoms with Gasteiger partial charge in [-0.1, -0.05) is 11.6 Å². The monoisotopic (exact) mass is 356 g/mol. The van der Waals surface area contributed by atoms with Crippen LogP contribution in [0.3, 0.4) is 0 Å². The lowest BCUT2D eigenvalue weighted by molar-refractivity contribution is 0.148. The van der Waals surface area contributed by atoms with Gasteiger partial charge in [0, 0.05) is 23.9 Å². The molecule has 1 aliphatic heterocycles. The lowest BCUT2D eigenvalue weighted by Gasteiger charge is -2.25. The summed E-state index contributed by atoms with van der Waals surface area (Å²) in [5.41, 5.74) is 0.866. The summed E-state index contributed by atoms with van der Waals surface area (Å²) in [4.78, 5) is 11.5. The summed E-state index contributed by atoms with van der Waals surface area (Å²) in [7, 11) is 0. The van der Waals surface area contributed by atoms with Gasteiger partial charge in [0.15, 0.2) is 0 Å². The topological polar surface area (TPSA) is 64.3 Å². The number of pyridine rings is 1. The van der Waals surface area contributed by atoms with Crippen molar-refractivity contribution in [2.24, 2.45) is 0 Å². The van der Waals surface area contributed by atoms with Crippen LogP contribution < -0.4 is 4.74 Å². The molecule has 2 aliphatic rings. The van der Waals surface area contributed by atoms with Gasteiger partial charge < -0.3 is 9.26 Å². The molecule has 140 valence electrons. The van der Waals surface area contributed by atoms with Crippen LogP contribution in [0.2, 0.25) is 0 Å². The van der Waals surface area contributed by atoms with E-state index < -0.39 is 0 Å². The Balaban J connectivity index is 1.44. The van der Waals surface area contributed by atoms with Crippen LogP contribution in [-0.2, 0) is 0 Å². The molecule has 1 saturated heterocycles. The zero-order valence-electron chi connectivity index (χ0n) is 15.7. The summed E-state index contributed by atoms with van der Waals surface area (Å²) < 4.78 is 11.6. The van der Waals surface area contributed by atoms with Crippen molar-refractivity contribution in [3.63, 3.8) is 0 Å². The predicted octanol–water partition coefficient (Wildman–Crippen LogP) is 4.39. The van der Waals surface area contributed by atoms with Crippen molar-refractivity contribution in [2.75, 3.05) is 6.54 Å². The molecule has 2 fully saturated rings. The van der Waals surface area contributed by atoms with E-state index in [9.17, 15) is 0 Å². The molecule has 2 aromatic rings. The highest BCUT2D eigenvalue weighted by molar-refractivity contribution is 5.53. The minimum absolute atomic E-state index is 0.234. The van der Waals surface area contributed by atoms with Crippen LogP contribution in [0.5, 0.6) is 5.88 Å². The van der Waals surface area contributed by atoms with E-state index in [0.29, 0.717) is 29.7 Å². The largest absolute Gasteiger partial charge is 0.474 e. The van der Waals surface area contributed by atoms with Crippen molar-refractivity contribution in [3.05, 3.63) is 24.2 Å². The van der Waals surface area contributed by atoms with E-state index in [2.05, 4.69) is 33.9 Å². The number of hydrogen-bond acceptors (Lipinski definition) is 6. The molecule has 6 nitrogen and oxygen atoms in total. The molecule has 1 atom stereocenters. The van der Waals surface area contributed by atoms with E-state index in [-0.39, 0.29) is 6.04 Å². The number of hydrogen-bond donors (Lipinski definition) is 0. The molecule has 0 aromatic carbocycles. The highest BCUT2D eigenvalue weighted by atomic mass is 16.5. The first kappa shape index (κ1) is 17.5. The average Bonchev–Trinajstić information content (AvgIpc) is 3.32.